The molecule has 102 valence electrons. The molecule has 0 aromatic carbocycles. The Morgan fingerprint density at radius 1 is 1.47 bits per heavy atom. The van der Waals surface area contributed by atoms with Gasteiger partial charge in [-0.25, -0.2) is 4.90 Å². The maximum Gasteiger partial charge on any atom is 0.345 e. The van der Waals surface area contributed by atoms with Crippen LogP contribution in [0.4, 0.5) is 0 Å². The predicted molar refractivity (Wildman–Crippen MR) is 75.0 cm³/mol. The summed E-state index contributed by atoms with van der Waals surface area (Å²) in [6, 6.07) is 0. The molecule has 2 rings (SSSR count). The highest BCUT2D eigenvalue weighted by atomic mass is 32.2. The second kappa shape index (κ2) is 5.76. The minimum absolute atomic E-state index is 0.0597. The lowest BCUT2D eigenvalue weighted by Gasteiger charge is -2.10. The molecular weight excluding hydrogens is 288 g/mol. The highest BCUT2D eigenvalue weighted by Crippen LogP contribution is 2.19. The van der Waals surface area contributed by atoms with E-state index in [2.05, 4.69) is 16.8 Å². The zero-order valence-corrected chi connectivity index (χ0v) is 11.9. The molecule has 2 saturated heterocycles. The first-order chi connectivity index (χ1) is 9.04. The third-order valence-corrected chi connectivity index (χ3v) is 4.73. The molecule has 7 nitrogen and oxygen atoms in total. The van der Waals surface area contributed by atoms with E-state index in [1.807, 2.05) is 0 Å². The van der Waals surface area contributed by atoms with Crippen LogP contribution in [0.5, 0.6) is 0 Å². The Bertz CT molecular complexity index is 491. The average Bonchev–Trinajstić information content (AvgIpc) is 2.81. The first kappa shape index (κ1) is 14.1. The minimum Gasteiger partial charge on any atom is -0.609 e. The molecule has 2 aliphatic heterocycles. The molecule has 9 heteroatoms. The van der Waals surface area contributed by atoms with Crippen molar-refractivity contribution in [3.8, 4) is 0 Å². The van der Waals surface area contributed by atoms with Gasteiger partial charge in [0.05, 0.1) is 5.75 Å². The van der Waals surface area contributed by atoms with E-state index in [1.165, 1.54) is 27.6 Å². The van der Waals surface area contributed by atoms with Crippen molar-refractivity contribution in [2.24, 2.45) is 10.2 Å². The summed E-state index contributed by atoms with van der Waals surface area (Å²) in [7, 11) is 1.60. The number of carbonyl (C=O) groups is 2. The van der Waals surface area contributed by atoms with Gasteiger partial charge < -0.3 is 4.55 Å². The summed E-state index contributed by atoms with van der Waals surface area (Å²) in [5.41, 5.74) is 0. The number of rotatable bonds is 3. The molecule has 2 fully saturated rings. The van der Waals surface area contributed by atoms with Gasteiger partial charge in [-0.05, 0) is 0 Å². The summed E-state index contributed by atoms with van der Waals surface area (Å²) in [4.78, 5) is 25.6. The summed E-state index contributed by atoms with van der Waals surface area (Å²) >= 11 is -0.228. The zero-order valence-electron chi connectivity index (χ0n) is 10.2. The highest BCUT2D eigenvalue weighted by molar-refractivity contribution is 8.15. The predicted octanol–water partition coefficient (Wildman–Crippen LogP) is -0.405. The van der Waals surface area contributed by atoms with E-state index in [4.69, 9.17) is 0 Å². The van der Waals surface area contributed by atoms with Crippen molar-refractivity contribution >= 4 is 45.1 Å². The number of amides is 2. The third-order valence-electron chi connectivity index (χ3n) is 2.51. The van der Waals surface area contributed by atoms with Crippen molar-refractivity contribution in [1.82, 2.24) is 9.80 Å². The van der Waals surface area contributed by atoms with Crippen LogP contribution in [0.25, 0.3) is 0 Å². The molecule has 2 aliphatic rings. The largest absolute Gasteiger partial charge is 0.609 e. The monoisotopic (exact) mass is 300 g/mol. The van der Waals surface area contributed by atoms with E-state index in [-0.39, 0.29) is 29.3 Å². The van der Waals surface area contributed by atoms with Gasteiger partial charge in [0.1, 0.15) is 0 Å². The van der Waals surface area contributed by atoms with Crippen LogP contribution in [-0.2, 0) is 20.8 Å². The summed E-state index contributed by atoms with van der Waals surface area (Å²) in [6.45, 7) is 3.78. The molecule has 0 radical (unpaired) electrons. The number of carbonyl (C=O) groups excluding carboxylic acids is 2. The van der Waals surface area contributed by atoms with Crippen LogP contribution in [0.2, 0.25) is 0 Å². The van der Waals surface area contributed by atoms with E-state index in [9.17, 15) is 14.1 Å². The standard InChI is InChI=1S/C10H12N4O3S2/c1-3-4-14-8(16)6-19(17)10(14)12-11-9-13(2)7(15)5-18-9/h3H,1,4-6H2,2H3/b11-9+,12-10+. The van der Waals surface area contributed by atoms with E-state index in [0.717, 1.165) is 0 Å². The SMILES string of the molecule is C=CCN1C(=O)C[S+]([O-])/C1=N/N=C1/SCC(=O)N1C. The van der Waals surface area contributed by atoms with Gasteiger partial charge in [-0.15, -0.1) is 11.7 Å². The van der Waals surface area contributed by atoms with Gasteiger partial charge in [-0.3, -0.25) is 14.5 Å². The van der Waals surface area contributed by atoms with Crippen LogP contribution in [0.15, 0.2) is 22.9 Å². The normalized spacial score (nSPS) is 28.0. The van der Waals surface area contributed by atoms with Crippen molar-refractivity contribution in [2.75, 3.05) is 25.1 Å². The number of amidine groups is 2. The second-order valence-electron chi connectivity index (χ2n) is 3.79. The van der Waals surface area contributed by atoms with Crippen LogP contribution in [0.3, 0.4) is 0 Å². The molecule has 0 aromatic rings. The lowest BCUT2D eigenvalue weighted by Crippen LogP contribution is -2.31. The maximum atomic E-state index is 11.7. The summed E-state index contributed by atoms with van der Waals surface area (Å²) in [5.74, 6) is -0.0888. The minimum atomic E-state index is -1.48. The molecule has 0 saturated carbocycles. The third kappa shape index (κ3) is 2.82. The molecule has 2 heterocycles. The second-order valence-corrected chi connectivity index (χ2v) is 6.08. The molecular formula is C10H12N4O3S2. The fourth-order valence-corrected chi connectivity index (χ4v) is 3.40. The molecule has 1 unspecified atom stereocenters. The van der Waals surface area contributed by atoms with Crippen LogP contribution in [0, 0.1) is 0 Å². The number of nitrogens with zero attached hydrogens (tertiary/aromatic N) is 4. The van der Waals surface area contributed by atoms with Gasteiger partial charge in [0.25, 0.3) is 5.91 Å². The quantitative estimate of drug-likeness (QED) is 0.403. The topological polar surface area (TPSA) is 88.4 Å². The van der Waals surface area contributed by atoms with E-state index in [1.54, 1.807) is 7.05 Å². The van der Waals surface area contributed by atoms with Crippen molar-refractivity contribution in [1.29, 1.82) is 0 Å². The Labute approximate surface area is 117 Å². The lowest BCUT2D eigenvalue weighted by atomic mass is 10.5. The van der Waals surface area contributed by atoms with Gasteiger partial charge in [-0.2, -0.15) is 0 Å². The number of thioether (sulfide) groups is 1. The fraction of sp³-hybridized carbons (Fsp3) is 0.400. The number of hydrogen-bond acceptors (Lipinski definition) is 6. The smallest absolute Gasteiger partial charge is 0.345 e. The molecule has 0 aromatic heterocycles. The van der Waals surface area contributed by atoms with Crippen molar-refractivity contribution in [3.05, 3.63) is 12.7 Å². The van der Waals surface area contributed by atoms with Gasteiger partial charge in [0.15, 0.2) is 10.9 Å². The van der Waals surface area contributed by atoms with Crippen LogP contribution >= 0.6 is 11.8 Å². The molecule has 0 spiro atoms. The van der Waals surface area contributed by atoms with Gasteiger partial charge in [0, 0.05) is 24.8 Å². The Kier molecular flexibility index (Phi) is 4.27. The summed E-state index contributed by atoms with van der Waals surface area (Å²) in [5, 5.41) is 8.33. The average molecular weight is 300 g/mol. The van der Waals surface area contributed by atoms with Crippen LogP contribution in [-0.4, -0.2) is 61.6 Å². The van der Waals surface area contributed by atoms with Gasteiger partial charge in [-0.1, -0.05) is 22.9 Å². The van der Waals surface area contributed by atoms with Gasteiger partial charge in [0.2, 0.25) is 5.91 Å². The van der Waals surface area contributed by atoms with Crippen LogP contribution in [0.1, 0.15) is 0 Å². The molecule has 0 aliphatic carbocycles. The van der Waals surface area contributed by atoms with Gasteiger partial charge >= 0.3 is 5.17 Å². The summed E-state index contributed by atoms with van der Waals surface area (Å²) in [6.07, 6.45) is 1.53. The summed E-state index contributed by atoms with van der Waals surface area (Å²) < 4.78 is 11.7. The Morgan fingerprint density at radius 2 is 2.21 bits per heavy atom. The Morgan fingerprint density at radius 3 is 2.79 bits per heavy atom. The maximum absolute atomic E-state index is 11.7. The molecule has 0 bridgehead atoms. The highest BCUT2D eigenvalue weighted by Gasteiger charge is 2.40. The molecule has 0 N–H and O–H groups in total. The number of hydrogen-bond donors (Lipinski definition) is 0. The Hall–Kier alpha value is -1.32. The molecule has 1 atom stereocenters. The first-order valence-electron chi connectivity index (χ1n) is 5.39. The van der Waals surface area contributed by atoms with Crippen molar-refractivity contribution in [2.45, 2.75) is 0 Å². The Balaban J connectivity index is 2.21. The molecule has 2 amide bonds. The van der Waals surface area contributed by atoms with E-state index >= 15 is 0 Å². The lowest BCUT2D eigenvalue weighted by molar-refractivity contribution is -0.124. The zero-order chi connectivity index (χ0) is 14.0. The molecule has 19 heavy (non-hydrogen) atoms. The first-order valence-corrected chi connectivity index (χ1v) is 7.69. The van der Waals surface area contributed by atoms with Crippen molar-refractivity contribution < 1.29 is 14.1 Å². The van der Waals surface area contributed by atoms with Crippen LogP contribution < -0.4 is 0 Å². The van der Waals surface area contributed by atoms with E-state index < -0.39 is 11.2 Å². The van der Waals surface area contributed by atoms with E-state index in [0.29, 0.717) is 10.9 Å². The fourth-order valence-electron chi connectivity index (χ4n) is 1.50. The van der Waals surface area contributed by atoms with Crippen molar-refractivity contribution in [3.63, 3.8) is 0 Å².